The van der Waals surface area contributed by atoms with Crippen molar-refractivity contribution >= 4 is 5.91 Å². The number of aromatic amines is 1. The van der Waals surface area contributed by atoms with E-state index in [1.807, 2.05) is 0 Å². The van der Waals surface area contributed by atoms with Gasteiger partial charge in [-0.1, -0.05) is 0 Å². The van der Waals surface area contributed by atoms with Crippen LogP contribution in [0.3, 0.4) is 0 Å². The summed E-state index contributed by atoms with van der Waals surface area (Å²) in [7, 11) is 0. The molecule has 18 heavy (non-hydrogen) atoms. The molecular weight excluding hydrogens is 232 g/mol. The Labute approximate surface area is 105 Å². The second-order valence-corrected chi connectivity index (χ2v) is 4.81. The molecule has 0 radical (unpaired) electrons. The molecule has 0 spiro atoms. The van der Waals surface area contributed by atoms with Gasteiger partial charge in [-0.05, 0) is 31.7 Å². The molecule has 5 nitrogen and oxygen atoms in total. The fraction of sp³-hybridized carbons (Fsp3) is 0.538. The first-order valence-corrected chi connectivity index (χ1v) is 6.24. The molecule has 1 aliphatic heterocycles. The number of amides is 1. The van der Waals surface area contributed by atoms with E-state index in [1.54, 1.807) is 17.9 Å². The Bertz CT molecular complexity index is 473. The summed E-state index contributed by atoms with van der Waals surface area (Å²) < 4.78 is 0. The van der Waals surface area contributed by atoms with E-state index in [9.17, 15) is 14.7 Å². The number of H-pyrrole nitrogens is 1. The van der Waals surface area contributed by atoms with Crippen LogP contribution in [0.2, 0.25) is 0 Å². The quantitative estimate of drug-likeness (QED) is 0.807. The molecule has 1 unspecified atom stereocenters. The number of pyridine rings is 1. The molecule has 5 heteroatoms. The van der Waals surface area contributed by atoms with E-state index in [0.29, 0.717) is 18.7 Å². The third-order valence-corrected chi connectivity index (χ3v) is 3.53. The molecule has 1 atom stereocenters. The lowest BCUT2D eigenvalue weighted by Gasteiger charge is -2.33. The van der Waals surface area contributed by atoms with Crippen molar-refractivity contribution in [2.24, 2.45) is 5.92 Å². The van der Waals surface area contributed by atoms with Gasteiger partial charge in [-0.25, -0.2) is 0 Å². The molecule has 98 valence electrons. The monoisotopic (exact) mass is 250 g/mol. The molecule has 2 rings (SSSR count). The van der Waals surface area contributed by atoms with Crippen molar-refractivity contribution in [1.29, 1.82) is 0 Å². The third kappa shape index (κ3) is 2.79. The number of rotatable bonds is 2. The number of hydrogen-bond donors (Lipinski definition) is 2. The number of carbonyl (C=O) groups excluding carboxylic acids is 1. The van der Waals surface area contributed by atoms with Crippen LogP contribution in [0.1, 0.15) is 30.1 Å². The first-order chi connectivity index (χ1) is 8.58. The van der Waals surface area contributed by atoms with Crippen LogP contribution in [-0.4, -0.2) is 40.1 Å². The minimum absolute atomic E-state index is 0.106. The smallest absolute Gasteiger partial charge is 0.254 e. The molecule has 1 aromatic heterocycles. The standard InChI is InChI=1S/C13H18N2O3/c1-9(16)10-3-6-15(7-4-10)13(18)11-2-5-14-12(17)8-11/h2,5,8-10,16H,3-4,6-7H2,1H3,(H,14,17). The second kappa shape index (κ2) is 5.35. The average molecular weight is 250 g/mol. The minimum Gasteiger partial charge on any atom is -0.393 e. The minimum atomic E-state index is -0.318. The molecule has 1 fully saturated rings. The van der Waals surface area contributed by atoms with E-state index < -0.39 is 0 Å². The molecule has 1 saturated heterocycles. The van der Waals surface area contributed by atoms with Crippen molar-refractivity contribution in [2.75, 3.05) is 13.1 Å². The Balaban J connectivity index is 2.02. The Morgan fingerprint density at radius 1 is 1.50 bits per heavy atom. The van der Waals surface area contributed by atoms with E-state index in [0.717, 1.165) is 12.8 Å². The SMILES string of the molecule is CC(O)C1CCN(C(=O)c2cc[nH]c(=O)c2)CC1. The number of hydrogen-bond acceptors (Lipinski definition) is 3. The van der Waals surface area contributed by atoms with Crippen molar-refractivity contribution in [3.8, 4) is 0 Å². The van der Waals surface area contributed by atoms with E-state index in [2.05, 4.69) is 4.98 Å². The molecule has 0 bridgehead atoms. The van der Waals surface area contributed by atoms with Gasteiger partial charge in [0.25, 0.3) is 5.91 Å². The van der Waals surface area contributed by atoms with E-state index in [4.69, 9.17) is 0 Å². The lowest BCUT2D eigenvalue weighted by atomic mass is 9.92. The molecule has 0 aliphatic carbocycles. The predicted octanol–water partition coefficient (Wildman–Crippen LogP) is 0.608. The first kappa shape index (κ1) is 12.8. The van der Waals surface area contributed by atoms with E-state index in [1.165, 1.54) is 12.3 Å². The van der Waals surface area contributed by atoms with Gasteiger partial charge in [0.05, 0.1) is 6.10 Å². The predicted molar refractivity (Wildman–Crippen MR) is 67.4 cm³/mol. The summed E-state index contributed by atoms with van der Waals surface area (Å²) in [6.07, 6.45) is 2.79. The van der Waals surface area contributed by atoms with Gasteiger partial charge in [0.1, 0.15) is 0 Å². The topological polar surface area (TPSA) is 73.4 Å². The lowest BCUT2D eigenvalue weighted by molar-refractivity contribution is 0.0521. The van der Waals surface area contributed by atoms with Crippen LogP contribution in [0.5, 0.6) is 0 Å². The van der Waals surface area contributed by atoms with Crippen LogP contribution in [0, 0.1) is 5.92 Å². The maximum atomic E-state index is 12.1. The summed E-state index contributed by atoms with van der Waals surface area (Å²) in [4.78, 5) is 27.5. The van der Waals surface area contributed by atoms with Gasteiger partial charge in [-0.15, -0.1) is 0 Å². The normalized spacial score (nSPS) is 18.7. The van der Waals surface area contributed by atoms with Crippen LogP contribution in [-0.2, 0) is 0 Å². The second-order valence-electron chi connectivity index (χ2n) is 4.81. The van der Waals surface area contributed by atoms with Gasteiger partial charge in [0.2, 0.25) is 5.56 Å². The highest BCUT2D eigenvalue weighted by Gasteiger charge is 2.25. The summed E-state index contributed by atoms with van der Waals surface area (Å²) in [6, 6.07) is 2.94. The highest BCUT2D eigenvalue weighted by Crippen LogP contribution is 2.21. The number of aromatic nitrogens is 1. The Morgan fingerprint density at radius 2 is 2.17 bits per heavy atom. The van der Waals surface area contributed by atoms with Crippen LogP contribution in [0.4, 0.5) is 0 Å². The van der Waals surface area contributed by atoms with Gasteiger partial charge in [-0.3, -0.25) is 9.59 Å². The van der Waals surface area contributed by atoms with Gasteiger partial charge in [0, 0.05) is 30.9 Å². The Morgan fingerprint density at radius 3 is 2.72 bits per heavy atom. The van der Waals surface area contributed by atoms with Crippen molar-refractivity contribution < 1.29 is 9.90 Å². The Kier molecular flexibility index (Phi) is 3.81. The summed E-state index contributed by atoms with van der Waals surface area (Å²) in [5.74, 6) is 0.165. The summed E-state index contributed by atoms with van der Waals surface area (Å²) >= 11 is 0. The van der Waals surface area contributed by atoms with Crippen molar-refractivity contribution in [2.45, 2.75) is 25.9 Å². The van der Waals surface area contributed by atoms with Gasteiger partial charge < -0.3 is 15.0 Å². The molecule has 0 aromatic carbocycles. The van der Waals surface area contributed by atoms with Crippen LogP contribution < -0.4 is 5.56 Å². The Hall–Kier alpha value is -1.62. The molecule has 2 heterocycles. The molecule has 1 amide bonds. The van der Waals surface area contributed by atoms with Crippen LogP contribution in [0.25, 0.3) is 0 Å². The number of aliphatic hydroxyl groups excluding tert-OH is 1. The lowest BCUT2D eigenvalue weighted by Crippen LogP contribution is -2.41. The largest absolute Gasteiger partial charge is 0.393 e. The summed E-state index contributed by atoms with van der Waals surface area (Å²) in [6.45, 7) is 3.07. The molecule has 0 saturated carbocycles. The summed E-state index contributed by atoms with van der Waals surface area (Å²) in [5, 5.41) is 9.51. The van der Waals surface area contributed by atoms with Crippen LogP contribution >= 0.6 is 0 Å². The molecule has 1 aliphatic rings. The van der Waals surface area contributed by atoms with Gasteiger partial charge in [-0.2, -0.15) is 0 Å². The summed E-state index contributed by atoms with van der Waals surface area (Å²) in [5.41, 5.74) is 0.161. The van der Waals surface area contributed by atoms with Crippen molar-refractivity contribution in [3.05, 3.63) is 34.2 Å². The highest BCUT2D eigenvalue weighted by atomic mass is 16.3. The van der Waals surface area contributed by atoms with Crippen LogP contribution in [0.15, 0.2) is 23.1 Å². The van der Waals surface area contributed by atoms with Gasteiger partial charge >= 0.3 is 0 Å². The fourth-order valence-corrected chi connectivity index (χ4v) is 2.35. The number of likely N-dealkylation sites (tertiary alicyclic amines) is 1. The first-order valence-electron chi connectivity index (χ1n) is 6.24. The van der Waals surface area contributed by atoms with E-state index >= 15 is 0 Å². The number of nitrogens with one attached hydrogen (secondary N) is 1. The zero-order chi connectivity index (χ0) is 13.1. The average Bonchev–Trinajstić information content (AvgIpc) is 2.38. The van der Waals surface area contributed by atoms with Crippen molar-refractivity contribution in [3.63, 3.8) is 0 Å². The van der Waals surface area contributed by atoms with Gasteiger partial charge in [0.15, 0.2) is 0 Å². The number of nitrogens with zero attached hydrogens (tertiary/aromatic N) is 1. The maximum absolute atomic E-state index is 12.1. The number of aliphatic hydroxyl groups is 1. The molecule has 2 N–H and O–H groups in total. The zero-order valence-electron chi connectivity index (χ0n) is 10.4. The highest BCUT2D eigenvalue weighted by molar-refractivity contribution is 5.94. The van der Waals surface area contributed by atoms with Crippen molar-refractivity contribution in [1.82, 2.24) is 9.88 Å². The molecular formula is C13H18N2O3. The third-order valence-electron chi connectivity index (χ3n) is 3.53. The maximum Gasteiger partial charge on any atom is 0.254 e. The van der Waals surface area contributed by atoms with E-state index in [-0.39, 0.29) is 23.5 Å². The fourth-order valence-electron chi connectivity index (χ4n) is 2.35. The number of carbonyl (C=O) groups is 1. The molecule has 1 aromatic rings. The number of piperidine rings is 1. The zero-order valence-corrected chi connectivity index (χ0v) is 10.4.